The van der Waals surface area contributed by atoms with E-state index in [0.717, 1.165) is 0 Å². The van der Waals surface area contributed by atoms with E-state index >= 15 is 0 Å². The largest absolute Gasteiger partial charge is 0.444 e. The van der Waals surface area contributed by atoms with E-state index in [4.69, 9.17) is 4.74 Å². The number of H-pyrrole nitrogens is 1. The fourth-order valence-electron chi connectivity index (χ4n) is 5.38. The van der Waals surface area contributed by atoms with Crippen LogP contribution in [0, 0.1) is 5.82 Å². The molecule has 3 heterocycles. The van der Waals surface area contributed by atoms with Gasteiger partial charge in [-0.05, 0) is 44.5 Å². The minimum Gasteiger partial charge on any atom is -0.444 e. The fraction of sp³-hybridized carbons (Fsp3) is 0.452. The fourth-order valence-corrected chi connectivity index (χ4v) is 5.38. The molecule has 2 saturated heterocycles. The van der Waals surface area contributed by atoms with Gasteiger partial charge in [0.15, 0.2) is 0 Å². The van der Waals surface area contributed by atoms with Gasteiger partial charge in [0.05, 0.1) is 23.2 Å². The summed E-state index contributed by atoms with van der Waals surface area (Å²) in [4.78, 5) is 57.7. The highest BCUT2D eigenvalue weighted by Gasteiger charge is 2.30. The highest BCUT2D eigenvalue weighted by Crippen LogP contribution is 2.20. The third-order valence-electron chi connectivity index (χ3n) is 7.71. The van der Waals surface area contributed by atoms with Crippen LogP contribution in [0.25, 0.3) is 10.8 Å². The number of aromatic nitrogens is 2. The number of hydrogen-bond donors (Lipinski definition) is 1. The molecule has 11 nitrogen and oxygen atoms in total. The van der Waals surface area contributed by atoms with Crippen molar-refractivity contribution in [3.05, 3.63) is 75.5 Å². The van der Waals surface area contributed by atoms with Crippen molar-refractivity contribution in [3.8, 4) is 0 Å². The van der Waals surface area contributed by atoms with Gasteiger partial charge in [0.1, 0.15) is 11.4 Å². The first-order chi connectivity index (χ1) is 20.5. The van der Waals surface area contributed by atoms with Crippen molar-refractivity contribution in [1.29, 1.82) is 0 Å². The highest BCUT2D eigenvalue weighted by atomic mass is 19.1. The molecule has 228 valence electrons. The SMILES string of the molecule is CC(C)(C)OC(=O)N1CCN(CC(=O)N2CCN(C(=O)c3cc(Cc4n[nH]c(=O)c5ccccc45)ccc3F)CC2)CC1. The van der Waals surface area contributed by atoms with E-state index in [0.29, 0.717) is 80.8 Å². The second-order valence-electron chi connectivity index (χ2n) is 12.0. The molecule has 1 N–H and O–H groups in total. The van der Waals surface area contributed by atoms with Crippen molar-refractivity contribution in [2.45, 2.75) is 32.8 Å². The van der Waals surface area contributed by atoms with Crippen LogP contribution in [0.2, 0.25) is 0 Å². The molecule has 0 atom stereocenters. The summed E-state index contributed by atoms with van der Waals surface area (Å²) in [5, 5.41) is 7.91. The Morgan fingerprint density at radius 3 is 2.19 bits per heavy atom. The molecule has 1 aromatic heterocycles. The van der Waals surface area contributed by atoms with E-state index in [-0.39, 0.29) is 29.7 Å². The third-order valence-corrected chi connectivity index (χ3v) is 7.71. The van der Waals surface area contributed by atoms with Gasteiger partial charge in [-0.3, -0.25) is 19.3 Å². The standard InChI is InChI=1S/C31H37FN6O5/c1-31(2,3)43-30(42)38-12-10-35(11-13-38)20-27(39)36-14-16-37(17-15-36)29(41)24-18-21(8-9-25(24)32)19-26-22-6-4-5-7-23(22)28(40)34-33-26/h4-9,18H,10-17,19-20H2,1-3H3,(H,34,40). The van der Waals surface area contributed by atoms with E-state index in [9.17, 15) is 23.6 Å². The Hall–Kier alpha value is -4.32. The second-order valence-corrected chi connectivity index (χ2v) is 12.0. The average Bonchev–Trinajstić information content (AvgIpc) is 2.99. The number of nitrogens with zero attached hydrogens (tertiary/aromatic N) is 5. The second kappa shape index (κ2) is 12.5. The summed E-state index contributed by atoms with van der Waals surface area (Å²) in [6.45, 7) is 9.16. The normalized spacial score (nSPS) is 16.4. The number of piperazine rings is 2. The number of amides is 3. The lowest BCUT2D eigenvalue weighted by molar-refractivity contribution is -0.134. The molecule has 2 aromatic carbocycles. The molecule has 2 aliphatic rings. The molecule has 2 fully saturated rings. The molecule has 2 aliphatic heterocycles. The van der Waals surface area contributed by atoms with E-state index in [1.165, 1.54) is 12.1 Å². The van der Waals surface area contributed by atoms with Crippen molar-refractivity contribution in [1.82, 2.24) is 29.8 Å². The van der Waals surface area contributed by atoms with Crippen LogP contribution in [0.5, 0.6) is 0 Å². The van der Waals surface area contributed by atoms with Crippen LogP contribution in [0.15, 0.2) is 47.3 Å². The van der Waals surface area contributed by atoms with Crippen molar-refractivity contribution >= 4 is 28.7 Å². The lowest BCUT2D eigenvalue weighted by Crippen LogP contribution is -2.55. The molecular weight excluding hydrogens is 555 g/mol. The highest BCUT2D eigenvalue weighted by molar-refractivity contribution is 5.95. The number of rotatable bonds is 5. The first-order valence-corrected chi connectivity index (χ1v) is 14.5. The van der Waals surface area contributed by atoms with Crippen molar-refractivity contribution in [2.24, 2.45) is 0 Å². The topological polar surface area (TPSA) is 119 Å². The van der Waals surface area contributed by atoms with Crippen LogP contribution in [0.3, 0.4) is 0 Å². The van der Waals surface area contributed by atoms with Gasteiger partial charge < -0.3 is 19.4 Å². The minimum atomic E-state index is -0.614. The predicted molar refractivity (Wildman–Crippen MR) is 158 cm³/mol. The number of carbonyl (C=O) groups is 3. The molecule has 0 radical (unpaired) electrons. The van der Waals surface area contributed by atoms with Gasteiger partial charge in [-0.25, -0.2) is 14.3 Å². The first kappa shape index (κ1) is 30.1. The molecule has 12 heteroatoms. The summed E-state index contributed by atoms with van der Waals surface area (Å²) in [5.41, 5.74) is 0.440. The molecular formula is C31H37FN6O5. The molecule has 3 amide bonds. The molecule has 0 spiro atoms. The molecule has 5 rings (SSSR count). The van der Waals surface area contributed by atoms with Crippen molar-refractivity contribution < 1.29 is 23.5 Å². The molecule has 43 heavy (non-hydrogen) atoms. The van der Waals surface area contributed by atoms with E-state index in [1.54, 1.807) is 32.9 Å². The Morgan fingerprint density at radius 2 is 1.51 bits per heavy atom. The van der Waals surface area contributed by atoms with Gasteiger partial charge in [0.25, 0.3) is 11.5 Å². The van der Waals surface area contributed by atoms with Crippen molar-refractivity contribution in [2.75, 3.05) is 58.9 Å². The maximum atomic E-state index is 14.8. The van der Waals surface area contributed by atoms with Crippen LogP contribution < -0.4 is 5.56 Å². The summed E-state index contributed by atoms with van der Waals surface area (Å²) < 4.78 is 20.3. The van der Waals surface area contributed by atoms with Gasteiger partial charge >= 0.3 is 6.09 Å². The number of ether oxygens (including phenoxy) is 1. The number of hydrogen-bond acceptors (Lipinski definition) is 7. The van der Waals surface area contributed by atoms with Gasteiger partial charge in [0, 0.05) is 64.2 Å². The summed E-state index contributed by atoms with van der Waals surface area (Å²) in [6.07, 6.45) is -0.0329. The van der Waals surface area contributed by atoms with Gasteiger partial charge in [0.2, 0.25) is 5.91 Å². The lowest BCUT2D eigenvalue weighted by Gasteiger charge is -2.38. The zero-order valence-electron chi connectivity index (χ0n) is 24.8. The Bertz CT molecular complexity index is 1570. The minimum absolute atomic E-state index is 0.0335. The Kier molecular flexibility index (Phi) is 8.77. The maximum absolute atomic E-state index is 14.8. The number of carbonyl (C=O) groups excluding carboxylic acids is 3. The zero-order valence-corrected chi connectivity index (χ0v) is 24.8. The summed E-state index contributed by atoms with van der Waals surface area (Å²) in [6, 6.07) is 11.6. The van der Waals surface area contributed by atoms with Gasteiger partial charge in [-0.15, -0.1) is 0 Å². The van der Waals surface area contributed by atoms with Crippen LogP contribution in [0.4, 0.5) is 9.18 Å². The molecule has 0 aliphatic carbocycles. The molecule has 0 bridgehead atoms. The maximum Gasteiger partial charge on any atom is 0.410 e. The van der Waals surface area contributed by atoms with Crippen LogP contribution in [-0.4, -0.2) is 112 Å². The third kappa shape index (κ3) is 7.19. The number of benzene rings is 2. The molecule has 0 unspecified atom stereocenters. The number of aromatic amines is 1. The van der Waals surface area contributed by atoms with Crippen LogP contribution >= 0.6 is 0 Å². The first-order valence-electron chi connectivity index (χ1n) is 14.5. The van der Waals surface area contributed by atoms with Crippen LogP contribution in [-0.2, 0) is 16.0 Å². The zero-order chi connectivity index (χ0) is 30.7. The smallest absolute Gasteiger partial charge is 0.410 e. The van der Waals surface area contributed by atoms with E-state index in [1.807, 2.05) is 37.8 Å². The summed E-state index contributed by atoms with van der Waals surface area (Å²) >= 11 is 0. The number of fused-ring (bicyclic) bond motifs is 1. The predicted octanol–water partition coefficient (Wildman–Crippen LogP) is 2.49. The van der Waals surface area contributed by atoms with Crippen molar-refractivity contribution in [3.63, 3.8) is 0 Å². The Labute approximate surface area is 249 Å². The van der Waals surface area contributed by atoms with E-state index in [2.05, 4.69) is 10.2 Å². The summed E-state index contributed by atoms with van der Waals surface area (Å²) in [7, 11) is 0. The van der Waals surface area contributed by atoms with Crippen LogP contribution in [0.1, 0.15) is 42.4 Å². The number of nitrogens with one attached hydrogen (secondary N) is 1. The Balaban J connectivity index is 1.14. The van der Waals surface area contributed by atoms with E-state index < -0.39 is 17.3 Å². The van der Waals surface area contributed by atoms with Gasteiger partial charge in [-0.2, -0.15) is 5.10 Å². The molecule has 0 saturated carbocycles. The molecule has 3 aromatic rings. The monoisotopic (exact) mass is 592 g/mol. The summed E-state index contributed by atoms with van der Waals surface area (Å²) in [5.74, 6) is -1.08. The Morgan fingerprint density at radius 1 is 0.884 bits per heavy atom. The lowest BCUT2D eigenvalue weighted by atomic mass is 10.0. The average molecular weight is 593 g/mol. The quantitative estimate of drug-likeness (QED) is 0.484. The van der Waals surface area contributed by atoms with Gasteiger partial charge in [-0.1, -0.05) is 24.3 Å². The number of halogens is 1.